The monoisotopic (exact) mass is 602 g/mol. The van der Waals surface area contributed by atoms with E-state index in [2.05, 4.69) is 41.6 Å². The average Bonchev–Trinajstić information content (AvgIpc) is 3.62. The molecule has 42 heavy (non-hydrogen) atoms. The van der Waals surface area contributed by atoms with Gasteiger partial charge in [-0.3, -0.25) is 0 Å². The lowest BCUT2D eigenvalue weighted by Gasteiger charge is -2.28. The highest BCUT2D eigenvalue weighted by Crippen LogP contribution is 2.44. The Morgan fingerprint density at radius 2 is 1.79 bits per heavy atom. The predicted molar refractivity (Wildman–Crippen MR) is 171 cm³/mol. The summed E-state index contributed by atoms with van der Waals surface area (Å²) >= 11 is 7.82. The molecule has 0 radical (unpaired) electrons. The maximum Gasteiger partial charge on any atom is 0.337 e. The number of aliphatic carboxylic acids is 1. The number of imidazole rings is 1. The van der Waals surface area contributed by atoms with Gasteiger partial charge in [-0.2, -0.15) is 0 Å². The van der Waals surface area contributed by atoms with Crippen LogP contribution in [-0.2, 0) is 9.53 Å². The van der Waals surface area contributed by atoms with Gasteiger partial charge in [0, 0.05) is 34.3 Å². The maximum absolute atomic E-state index is 12.6. The van der Waals surface area contributed by atoms with E-state index in [9.17, 15) is 9.90 Å². The average molecular weight is 603 g/mol. The summed E-state index contributed by atoms with van der Waals surface area (Å²) in [6.45, 7) is 11.7. The summed E-state index contributed by atoms with van der Waals surface area (Å²) in [4.78, 5) is 25.0. The second-order valence-corrected chi connectivity index (χ2v) is 13.7. The van der Waals surface area contributed by atoms with Crippen LogP contribution in [0.15, 0.2) is 48.5 Å². The Balaban J connectivity index is 1.55. The van der Waals surface area contributed by atoms with Crippen LogP contribution in [0.4, 0.5) is 0 Å². The lowest BCUT2D eigenvalue weighted by atomic mass is 9.91. The fourth-order valence-corrected chi connectivity index (χ4v) is 7.34. The zero-order valence-electron chi connectivity index (χ0n) is 24.7. The number of hydrogen-bond donors (Lipinski definition) is 1. The van der Waals surface area contributed by atoms with Gasteiger partial charge in [0.2, 0.25) is 0 Å². The number of rotatable bonds is 6. The molecule has 0 aliphatic carbocycles. The number of nitrogens with zero attached hydrogens (tertiary/aromatic N) is 4. The highest BCUT2D eigenvalue weighted by atomic mass is 35.5. The second-order valence-electron chi connectivity index (χ2n) is 12.2. The van der Waals surface area contributed by atoms with Crippen molar-refractivity contribution >= 4 is 50.2 Å². The van der Waals surface area contributed by atoms with Gasteiger partial charge in [-0.1, -0.05) is 23.7 Å². The van der Waals surface area contributed by atoms with Crippen LogP contribution in [0.25, 0.3) is 42.9 Å². The fraction of sp³-hybridized carbons (Fsp3) is 0.364. The molecular weight excluding hydrogens is 568 g/mol. The van der Waals surface area contributed by atoms with Crippen LogP contribution >= 0.6 is 22.9 Å². The molecule has 9 heteroatoms. The van der Waals surface area contributed by atoms with Crippen LogP contribution in [0, 0.1) is 13.8 Å². The predicted octanol–water partition coefficient (Wildman–Crippen LogP) is 8.07. The summed E-state index contributed by atoms with van der Waals surface area (Å²) in [5, 5.41) is 11.8. The molecule has 2 atom stereocenters. The molecule has 0 spiro atoms. The number of carboxylic acid groups (broad SMARTS) is 1. The Hall–Kier alpha value is -3.30. The number of ether oxygens (including phenoxy) is 1. The standard InChI is InChI=1S/C33H35ClN4O3S/c1-18-15-25-30(28(20-7-10-22(34)11-8-20)27(18)29(32(39)40)41-33(3,4)5)42-31(36-25)21-9-12-24-26(16-21)38(19(2)35-24)23-13-14-37(6)17-23/h7-12,15-16,23,29H,13-14,17H2,1-6H3,(H,39,40). The number of carbonyl (C=O) groups is 1. The number of benzene rings is 3. The number of thiazole rings is 1. The largest absolute Gasteiger partial charge is 0.479 e. The number of likely N-dealkylation sites (N-methyl/N-ethyl adjacent to an activating group) is 1. The van der Waals surface area contributed by atoms with Gasteiger partial charge in [-0.05, 0) is 102 Å². The molecule has 6 rings (SSSR count). The topological polar surface area (TPSA) is 80.5 Å². The van der Waals surface area contributed by atoms with Gasteiger partial charge in [-0.25, -0.2) is 14.8 Å². The third kappa shape index (κ3) is 5.33. The summed E-state index contributed by atoms with van der Waals surface area (Å²) in [7, 11) is 2.16. The maximum atomic E-state index is 12.6. The molecule has 1 aliphatic heterocycles. The first-order chi connectivity index (χ1) is 19.9. The quantitative estimate of drug-likeness (QED) is 0.212. The third-order valence-electron chi connectivity index (χ3n) is 7.86. The Labute approximate surface area is 254 Å². The van der Waals surface area contributed by atoms with E-state index in [4.69, 9.17) is 26.3 Å². The number of fused-ring (bicyclic) bond motifs is 2. The molecule has 0 bridgehead atoms. The first-order valence-corrected chi connectivity index (χ1v) is 15.4. The smallest absolute Gasteiger partial charge is 0.337 e. The van der Waals surface area contributed by atoms with E-state index < -0.39 is 17.7 Å². The Morgan fingerprint density at radius 3 is 2.43 bits per heavy atom. The van der Waals surface area contributed by atoms with Crippen molar-refractivity contribution in [1.29, 1.82) is 0 Å². The van der Waals surface area contributed by atoms with Crippen molar-refractivity contribution in [3.63, 3.8) is 0 Å². The van der Waals surface area contributed by atoms with Crippen LogP contribution in [0.3, 0.4) is 0 Å². The summed E-state index contributed by atoms with van der Waals surface area (Å²) in [6.07, 6.45) is -0.0500. The zero-order valence-corrected chi connectivity index (χ0v) is 26.3. The summed E-state index contributed by atoms with van der Waals surface area (Å²) < 4.78 is 9.45. The number of halogens is 1. The molecule has 2 aromatic heterocycles. The Bertz CT molecular complexity index is 1820. The lowest BCUT2D eigenvalue weighted by Crippen LogP contribution is -2.28. The van der Waals surface area contributed by atoms with Crippen molar-refractivity contribution in [1.82, 2.24) is 19.4 Å². The third-order valence-corrected chi connectivity index (χ3v) is 9.25. The number of likely N-dealkylation sites (tertiary alicyclic amines) is 1. The number of aromatic nitrogens is 3. The van der Waals surface area contributed by atoms with Gasteiger partial charge in [0.25, 0.3) is 0 Å². The molecule has 218 valence electrons. The molecule has 3 heterocycles. The van der Waals surface area contributed by atoms with Gasteiger partial charge in [0.1, 0.15) is 10.8 Å². The van der Waals surface area contributed by atoms with Crippen molar-refractivity contribution in [2.45, 2.75) is 58.8 Å². The molecule has 1 aliphatic rings. The van der Waals surface area contributed by atoms with Crippen LogP contribution in [-0.4, -0.2) is 56.2 Å². The number of aryl methyl sites for hydroxylation is 2. The minimum Gasteiger partial charge on any atom is -0.479 e. The van der Waals surface area contributed by atoms with Gasteiger partial charge in [-0.15, -0.1) is 11.3 Å². The van der Waals surface area contributed by atoms with Crippen molar-refractivity contribution < 1.29 is 14.6 Å². The van der Waals surface area contributed by atoms with Crippen LogP contribution < -0.4 is 0 Å². The van der Waals surface area contributed by atoms with Crippen molar-refractivity contribution in [2.75, 3.05) is 20.1 Å². The first kappa shape index (κ1) is 28.8. The Kier molecular flexibility index (Phi) is 7.38. The number of hydrogen-bond acceptors (Lipinski definition) is 6. The van der Waals surface area contributed by atoms with E-state index in [0.29, 0.717) is 16.6 Å². The summed E-state index contributed by atoms with van der Waals surface area (Å²) in [5.41, 5.74) is 6.41. The van der Waals surface area contributed by atoms with E-state index in [1.165, 1.54) is 0 Å². The minimum absolute atomic E-state index is 0.392. The normalized spacial score (nSPS) is 17.0. The zero-order chi connectivity index (χ0) is 29.9. The molecule has 7 nitrogen and oxygen atoms in total. The van der Waals surface area contributed by atoms with E-state index in [-0.39, 0.29) is 0 Å². The molecular formula is C33H35ClN4O3S. The van der Waals surface area contributed by atoms with E-state index >= 15 is 0 Å². The molecule has 1 fully saturated rings. The lowest BCUT2D eigenvalue weighted by molar-refractivity contribution is -0.160. The molecule has 0 saturated carbocycles. The number of carboxylic acids is 1. The molecule has 1 N–H and O–H groups in total. The van der Waals surface area contributed by atoms with Crippen molar-refractivity contribution in [3.8, 4) is 21.7 Å². The van der Waals surface area contributed by atoms with Gasteiger partial charge in [0.05, 0.1) is 26.9 Å². The minimum atomic E-state index is -1.15. The molecule has 3 aromatic carbocycles. The van der Waals surface area contributed by atoms with Crippen molar-refractivity contribution in [2.24, 2.45) is 0 Å². The van der Waals surface area contributed by atoms with Crippen LogP contribution in [0.2, 0.25) is 5.02 Å². The van der Waals surface area contributed by atoms with E-state index in [0.717, 1.165) is 73.8 Å². The Morgan fingerprint density at radius 1 is 1.07 bits per heavy atom. The highest BCUT2D eigenvalue weighted by Gasteiger charge is 2.32. The highest BCUT2D eigenvalue weighted by molar-refractivity contribution is 7.22. The summed E-state index contributed by atoms with van der Waals surface area (Å²) in [6, 6.07) is 16.2. The van der Waals surface area contributed by atoms with Gasteiger partial charge >= 0.3 is 5.97 Å². The second kappa shape index (κ2) is 10.8. The molecule has 0 amide bonds. The van der Waals surface area contributed by atoms with Gasteiger partial charge in [0.15, 0.2) is 6.10 Å². The van der Waals surface area contributed by atoms with Gasteiger partial charge < -0.3 is 19.3 Å². The molecule has 2 unspecified atom stereocenters. The molecule has 1 saturated heterocycles. The van der Waals surface area contributed by atoms with Crippen LogP contribution in [0.5, 0.6) is 0 Å². The fourth-order valence-electron chi connectivity index (χ4n) is 6.09. The first-order valence-electron chi connectivity index (χ1n) is 14.2. The summed E-state index contributed by atoms with van der Waals surface area (Å²) in [5.74, 6) is -0.00503. The molecule has 5 aromatic rings. The van der Waals surface area contributed by atoms with Crippen LogP contribution in [0.1, 0.15) is 56.3 Å². The van der Waals surface area contributed by atoms with E-state index in [1.807, 2.05) is 58.0 Å². The van der Waals surface area contributed by atoms with Crippen molar-refractivity contribution in [3.05, 3.63) is 70.5 Å². The van der Waals surface area contributed by atoms with E-state index in [1.54, 1.807) is 11.3 Å². The SMILES string of the molecule is Cc1cc2nc(-c3ccc4nc(C)n(C5CCN(C)C5)c4c3)sc2c(-c2ccc(Cl)cc2)c1C(OC(C)(C)C)C(=O)O.